The summed E-state index contributed by atoms with van der Waals surface area (Å²) in [6.07, 6.45) is 4.28. The summed E-state index contributed by atoms with van der Waals surface area (Å²) in [6, 6.07) is 10.4. The molecule has 0 unspecified atom stereocenters. The summed E-state index contributed by atoms with van der Waals surface area (Å²) in [6.45, 7) is 3.35. The number of carbonyl (C=O) groups is 1. The first-order chi connectivity index (χ1) is 19.8. The Hall–Kier alpha value is -4.12. The molecule has 41 heavy (non-hydrogen) atoms. The van der Waals surface area contributed by atoms with Crippen LogP contribution in [0.25, 0.3) is 16.7 Å². The number of halogens is 3. The third-order valence-corrected chi connectivity index (χ3v) is 8.27. The first-order valence-corrected chi connectivity index (χ1v) is 13.9. The van der Waals surface area contributed by atoms with Gasteiger partial charge in [0.2, 0.25) is 5.91 Å². The van der Waals surface area contributed by atoms with Crippen LogP contribution in [-0.4, -0.2) is 56.0 Å². The van der Waals surface area contributed by atoms with Crippen molar-refractivity contribution in [3.63, 3.8) is 0 Å². The highest BCUT2D eigenvalue weighted by molar-refractivity contribution is 5.80. The molecule has 0 radical (unpaired) electrons. The second-order valence-electron chi connectivity index (χ2n) is 10.9. The SMILES string of the molecule is Nc1cc(CN2CCC(C(=O)N3CCC(n4c(=O)n(-c5cc(F)cc(F)c5)c5ccc(F)cc54)CC3)CC2)ccn1. The second kappa shape index (κ2) is 11.0. The van der Waals surface area contributed by atoms with E-state index in [2.05, 4.69) is 9.88 Å². The van der Waals surface area contributed by atoms with Crippen molar-refractivity contribution in [1.82, 2.24) is 23.9 Å². The van der Waals surface area contributed by atoms with Gasteiger partial charge in [0.1, 0.15) is 23.3 Å². The number of nitrogens with zero attached hydrogens (tertiary/aromatic N) is 5. The van der Waals surface area contributed by atoms with Gasteiger partial charge in [-0.2, -0.15) is 0 Å². The third-order valence-electron chi connectivity index (χ3n) is 8.27. The fourth-order valence-electron chi connectivity index (χ4n) is 6.25. The highest BCUT2D eigenvalue weighted by atomic mass is 19.1. The van der Waals surface area contributed by atoms with Gasteiger partial charge in [-0.1, -0.05) is 0 Å². The standard InChI is InChI=1S/C30H31F3N6O2/c31-21-1-2-26-27(17-21)38(30(41)39(26)25-15-22(32)14-23(33)16-25)24-6-11-37(12-7-24)29(40)20-4-9-36(10-5-20)18-19-3-8-35-28(34)13-19/h1-3,8,13-17,20,24H,4-7,9-12,18H2,(H2,34,35). The lowest BCUT2D eigenvalue weighted by atomic mass is 9.93. The van der Waals surface area contributed by atoms with Crippen molar-refractivity contribution in [3.8, 4) is 5.69 Å². The number of nitrogens with two attached hydrogens (primary N) is 1. The van der Waals surface area contributed by atoms with E-state index in [0.29, 0.717) is 42.8 Å². The zero-order chi connectivity index (χ0) is 28.7. The van der Waals surface area contributed by atoms with Crippen molar-refractivity contribution in [2.24, 2.45) is 5.92 Å². The summed E-state index contributed by atoms with van der Waals surface area (Å²) >= 11 is 0. The van der Waals surface area contributed by atoms with Crippen molar-refractivity contribution in [1.29, 1.82) is 0 Å². The van der Waals surface area contributed by atoms with Crippen LogP contribution < -0.4 is 11.4 Å². The minimum atomic E-state index is -0.811. The molecule has 0 aliphatic carbocycles. The molecule has 4 heterocycles. The number of imidazole rings is 1. The number of fused-ring (bicyclic) bond motifs is 1. The average Bonchev–Trinajstić information content (AvgIpc) is 3.23. The van der Waals surface area contributed by atoms with Gasteiger partial charge in [0.15, 0.2) is 0 Å². The van der Waals surface area contributed by atoms with Crippen LogP contribution in [0, 0.1) is 23.4 Å². The van der Waals surface area contributed by atoms with Crippen LogP contribution in [-0.2, 0) is 11.3 Å². The maximum atomic E-state index is 14.3. The predicted molar refractivity (Wildman–Crippen MR) is 149 cm³/mol. The number of likely N-dealkylation sites (tertiary alicyclic amines) is 2. The van der Waals surface area contributed by atoms with Gasteiger partial charge in [-0.25, -0.2) is 22.9 Å². The number of hydrogen-bond donors (Lipinski definition) is 1. The summed E-state index contributed by atoms with van der Waals surface area (Å²) in [5.74, 6) is -1.56. The maximum absolute atomic E-state index is 14.3. The molecule has 4 aromatic rings. The number of piperidine rings is 2. The molecule has 11 heteroatoms. The van der Waals surface area contributed by atoms with E-state index in [1.807, 2.05) is 17.0 Å². The number of carbonyl (C=O) groups excluding carboxylic acids is 1. The molecule has 2 aliphatic heterocycles. The van der Waals surface area contributed by atoms with Gasteiger partial charge in [0.25, 0.3) is 0 Å². The highest BCUT2D eigenvalue weighted by Crippen LogP contribution is 2.30. The molecule has 0 atom stereocenters. The molecule has 2 saturated heterocycles. The Morgan fingerprint density at radius 3 is 2.24 bits per heavy atom. The third kappa shape index (κ3) is 5.46. The molecule has 0 saturated carbocycles. The summed E-state index contributed by atoms with van der Waals surface area (Å²) in [7, 11) is 0. The van der Waals surface area contributed by atoms with Gasteiger partial charge in [0.05, 0.1) is 16.7 Å². The molecule has 2 aromatic heterocycles. The van der Waals surface area contributed by atoms with E-state index in [1.54, 1.807) is 6.20 Å². The van der Waals surface area contributed by atoms with Crippen LogP contribution in [0.15, 0.2) is 59.5 Å². The monoisotopic (exact) mass is 564 g/mol. The molecule has 0 spiro atoms. The predicted octanol–water partition coefficient (Wildman–Crippen LogP) is 4.26. The van der Waals surface area contributed by atoms with Gasteiger partial charge in [0, 0.05) is 43.9 Å². The Bertz CT molecular complexity index is 1630. The molecule has 2 aliphatic rings. The minimum absolute atomic E-state index is 0.0363. The fourth-order valence-corrected chi connectivity index (χ4v) is 6.25. The highest BCUT2D eigenvalue weighted by Gasteiger charge is 2.32. The molecule has 2 N–H and O–H groups in total. The zero-order valence-electron chi connectivity index (χ0n) is 22.5. The van der Waals surface area contributed by atoms with Crippen LogP contribution >= 0.6 is 0 Å². The lowest BCUT2D eigenvalue weighted by Gasteiger charge is -2.37. The Labute approximate surface area is 234 Å². The number of aromatic nitrogens is 3. The molecule has 2 aromatic carbocycles. The summed E-state index contributed by atoms with van der Waals surface area (Å²) in [4.78, 5) is 35.2. The van der Waals surface area contributed by atoms with E-state index in [9.17, 15) is 22.8 Å². The van der Waals surface area contributed by atoms with Crippen LogP contribution in [0.3, 0.4) is 0 Å². The number of anilines is 1. The van der Waals surface area contributed by atoms with Crippen molar-refractivity contribution in [2.45, 2.75) is 38.3 Å². The van der Waals surface area contributed by atoms with E-state index in [4.69, 9.17) is 5.73 Å². The molecule has 1 amide bonds. The molecule has 6 rings (SSSR count). The van der Waals surface area contributed by atoms with Crippen molar-refractivity contribution in [2.75, 3.05) is 31.9 Å². The molecular weight excluding hydrogens is 533 g/mol. The number of pyridine rings is 1. The van der Waals surface area contributed by atoms with Gasteiger partial charge < -0.3 is 10.6 Å². The van der Waals surface area contributed by atoms with E-state index in [0.717, 1.165) is 56.2 Å². The molecule has 0 bridgehead atoms. The van der Waals surface area contributed by atoms with Crippen LogP contribution in [0.1, 0.15) is 37.3 Å². The largest absolute Gasteiger partial charge is 0.384 e. The molecule has 2 fully saturated rings. The van der Waals surface area contributed by atoms with Crippen LogP contribution in [0.2, 0.25) is 0 Å². The minimum Gasteiger partial charge on any atom is -0.384 e. The van der Waals surface area contributed by atoms with Crippen molar-refractivity contribution in [3.05, 3.63) is 88.2 Å². The topological polar surface area (TPSA) is 89.4 Å². The quantitative estimate of drug-likeness (QED) is 0.391. The molecule has 214 valence electrons. The second-order valence-corrected chi connectivity index (χ2v) is 10.9. The average molecular weight is 565 g/mol. The van der Waals surface area contributed by atoms with E-state index >= 15 is 0 Å². The van der Waals surface area contributed by atoms with Crippen molar-refractivity contribution < 1.29 is 18.0 Å². The first-order valence-electron chi connectivity index (χ1n) is 13.9. The van der Waals surface area contributed by atoms with E-state index < -0.39 is 23.1 Å². The first kappa shape index (κ1) is 27.1. The number of hydrogen-bond acceptors (Lipinski definition) is 5. The zero-order valence-corrected chi connectivity index (χ0v) is 22.5. The maximum Gasteiger partial charge on any atom is 0.333 e. The van der Waals surface area contributed by atoms with Crippen LogP contribution in [0.4, 0.5) is 19.0 Å². The number of amides is 1. The molecular formula is C30H31F3N6O2. The smallest absolute Gasteiger partial charge is 0.333 e. The number of rotatable bonds is 5. The van der Waals surface area contributed by atoms with Crippen molar-refractivity contribution >= 4 is 22.8 Å². The Balaban J connectivity index is 1.14. The summed E-state index contributed by atoms with van der Waals surface area (Å²) in [5, 5.41) is 0. The number of benzene rings is 2. The van der Waals surface area contributed by atoms with Crippen LogP contribution in [0.5, 0.6) is 0 Å². The molecule has 8 nitrogen and oxygen atoms in total. The van der Waals surface area contributed by atoms with Gasteiger partial charge >= 0.3 is 5.69 Å². The fraction of sp³-hybridized carbons (Fsp3) is 0.367. The summed E-state index contributed by atoms with van der Waals surface area (Å²) < 4.78 is 45.0. The lowest BCUT2D eigenvalue weighted by molar-refractivity contribution is -0.138. The van der Waals surface area contributed by atoms with Gasteiger partial charge in [-0.05, 0) is 86.8 Å². The Morgan fingerprint density at radius 2 is 1.56 bits per heavy atom. The normalized spacial score (nSPS) is 17.4. The lowest BCUT2D eigenvalue weighted by Crippen LogP contribution is -2.46. The van der Waals surface area contributed by atoms with Gasteiger partial charge in [-0.3, -0.25) is 18.8 Å². The Morgan fingerprint density at radius 1 is 0.854 bits per heavy atom. The van der Waals surface area contributed by atoms with E-state index in [1.165, 1.54) is 27.3 Å². The van der Waals surface area contributed by atoms with E-state index in [-0.39, 0.29) is 23.6 Å². The summed E-state index contributed by atoms with van der Waals surface area (Å²) in [5.41, 5.74) is 7.15. The van der Waals surface area contributed by atoms with Gasteiger partial charge in [-0.15, -0.1) is 0 Å². The number of nitrogen functional groups attached to an aromatic ring is 1. The Kier molecular flexibility index (Phi) is 7.29.